The number of unbranched alkanes of at least 4 members (excludes halogenated alkanes) is 1. The highest BCUT2D eigenvalue weighted by Crippen LogP contribution is 2.14. The Bertz CT molecular complexity index is 602. The van der Waals surface area contributed by atoms with Gasteiger partial charge in [-0.1, -0.05) is 29.8 Å². The maximum atomic E-state index is 6.15. The first-order chi connectivity index (χ1) is 11.3. The zero-order valence-corrected chi connectivity index (χ0v) is 16.9. The largest absolute Gasteiger partial charge is 0.356 e. The van der Waals surface area contributed by atoms with E-state index in [9.17, 15) is 0 Å². The molecule has 0 spiro atoms. The third-order valence-corrected chi connectivity index (χ3v) is 3.84. The van der Waals surface area contributed by atoms with E-state index >= 15 is 0 Å². The van der Waals surface area contributed by atoms with Crippen LogP contribution in [-0.4, -0.2) is 40.9 Å². The quantitative estimate of drug-likeness (QED) is 0.274. The Hall–Kier alpha value is -1.35. The number of rotatable bonds is 8. The number of nitrogens with zero attached hydrogens (tertiary/aromatic N) is 4. The zero-order chi connectivity index (χ0) is 16.3. The minimum absolute atomic E-state index is 0. The van der Waals surface area contributed by atoms with Crippen molar-refractivity contribution < 1.29 is 0 Å². The second-order valence-corrected chi connectivity index (χ2v) is 5.58. The molecular weight excluding hydrogens is 439 g/mol. The van der Waals surface area contributed by atoms with Crippen LogP contribution in [0.5, 0.6) is 0 Å². The molecule has 0 aliphatic heterocycles. The summed E-state index contributed by atoms with van der Waals surface area (Å²) < 4.78 is 1.98. The van der Waals surface area contributed by atoms with Gasteiger partial charge in [0.15, 0.2) is 5.96 Å². The standard InChI is InChI=1S/C16H23ClN6.HI/c1-18-16(19-9-4-5-11-23-12-21-22-13-23)20-10-8-14-6-2-3-7-15(14)17;/h2-3,6-7,12-13H,4-5,8-11H2,1H3,(H2,18,19,20);1H. The van der Waals surface area contributed by atoms with E-state index in [-0.39, 0.29) is 24.0 Å². The molecule has 0 aliphatic carbocycles. The number of benzene rings is 1. The van der Waals surface area contributed by atoms with E-state index in [0.717, 1.165) is 55.4 Å². The van der Waals surface area contributed by atoms with Gasteiger partial charge in [-0.2, -0.15) is 0 Å². The van der Waals surface area contributed by atoms with Crippen LogP contribution in [-0.2, 0) is 13.0 Å². The Morgan fingerprint density at radius 1 is 1.12 bits per heavy atom. The summed E-state index contributed by atoms with van der Waals surface area (Å²) in [5, 5.41) is 15.0. The first-order valence-corrected chi connectivity index (χ1v) is 8.17. The number of aryl methyl sites for hydroxylation is 1. The van der Waals surface area contributed by atoms with Gasteiger partial charge >= 0.3 is 0 Å². The average molecular weight is 463 g/mol. The molecule has 24 heavy (non-hydrogen) atoms. The summed E-state index contributed by atoms with van der Waals surface area (Å²) in [4.78, 5) is 4.23. The van der Waals surface area contributed by atoms with Gasteiger partial charge in [0.2, 0.25) is 0 Å². The molecule has 8 heteroatoms. The lowest BCUT2D eigenvalue weighted by Gasteiger charge is -2.12. The molecule has 1 heterocycles. The van der Waals surface area contributed by atoms with Crippen LogP contribution in [0.1, 0.15) is 18.4 Å². The van der Waals surface area contributed by atoms with Crippen LogP contribution in [0.2, 0.25) is 5.02 Å². The molecule has 0 bridgehead atoms. The molecule has 2 N–H and O–H groups in total. The van der Waals surface area contributed by atoms with Gasteiger partial charge in [0.25, 0.3) is 0 Å². The lowest BCUT2D eigenvalue weighted by atomic mass is 10.1. The second kappa shape index (κ2) is 12.1. The third-order valence-electron chi connectivity index (χ3n) is 3.47. The fraction of sp³-hybridized carbons (Fsp3) is 0.438. The van der Waals surface area contributed by atoms with Crippen LogP contribution in [0.4, 0.5) is 0 Å². The van der Waals surface area contributed by atoms with Crippen LogP contribution in [0.15, 0.2) is 41.9 Å². The summed E-state index contributed by atoms with van der Waals surface area (Å²) >= 11 is 6.15. The highest BCUT2D eigenvalue weighted by Gasteiger charge is 2.00. The molecule has 1 aromatic heterocycles. The van der Waals surface area contributed by atoms with Crippen molar-refractivity contribution in [2.24, 2.45) is 4.99 Å². The predicted octanol–water partition coefficient (Wildman–Crippen LogP) is 2.74. The van der Waals surface area contributed by atoms with E-state index < -0.39 is 0 Å². The average Bonchev–Trinajstić information content (AvgIpc) is 3.08. The van der Waals surface area contributed by atoms with E-state index in [4.69, 9.17) is 11.6 Å². The van der Waals surface area contributed by atoms with Crippen molar-refractivity contribution in [1.82, 2.24) is 25.4 Å². The first-order valence-electron chi connectivity index (χ1n) is 7.80. The minimum Gasteiger partial charge on any atom is -0.356 e. The van der Waals surface area contributed by atoms with Gasteiger partial charge in [0, 0.05) is 31.7 Å². The van der Waals surface area contributed by atoms with Gasteiger partial charge in [-0.3, -0.25) is 4.99 Å². The Kier molecular flexibility index (Phi) is 10.4. The molecule has 2 aromatic rings. The molecule has 0 amide bonds. The van der Waals surface area contributed by atoms with Crippen molar-refractivity contribution in [3.8, 4) is 0 Å². The maximum Gasteiger partial charge on any atom is 0.190 e. The molecule has 6 nitrogen and oxygen atoms in total. The molecule has 0 unspecified atom stereocenters. The molecule has 0 aliphatic rings. The van der Waals surface area contributed by atoms with E-state index in [1.54, 1.807) is 19.7 Å². The van der Waals surface area contributed by atoms with Crippen molar-refractivity contribution in [2.45, 2.75) is 25.8 Å². The van der Waals surface area contributed by atoms with Gasteiger partial charge in [-0.05, 0) is 30.9 Å². The summed E-state index contributed by atoms with van der Waals surface area (Å²) in [5.41, 5.74) is 1.14. The number of hydrogen-bond acceptors (Lipinski definition) is 3. The molecule has 0 radical (unpaired) electrons. The monoisotopic (exact) mass is 462 g/mol. The van der Waals surface area contributed by atoms with Gasteiger partial charge < -0.3 is 15.2 Å². The lowest BCUT2D eigenvalue weighted by molar-refractivity contribution is 0.597. The topological polar surface area (TPSA) is 67.1 Å². The number of hydrogen-bond donors (Lipinski definition) is 2. The van der Waals surface area contributed by atoms with Crippen molar-refractivity contribution in [3.63, 3.8) is 0 Å². The summed E-state index contributed by atoms with van der Waals surface area (Å²) in [6, 6.07) is 7.91. The predicted molar refractivity (Wildman–Crippen MR) is 109 cm³/mol. The fourth-order valence-electron chi connectivity index (χ4n) is 2.20. The summed E-state index contributed by atoms with van der Waals surface area (Å²) in [6.07, 6.45) is 6.48. The second-order valence-electron chi connectivity index (χ2n) is 5.17. The van der Waals surface area contributed by atoms with Crippen LogP contribution in [0, 0.1) is 0 Å². The Morgan fingerprint density at radius 3 is 2.54 bits per heavy atom. The Labute approximate surface area is 165 Å². The molecule has 2 rings (SSSR count). The number of nitrogens with one attached hydrogen (secondary N) is 2. The highest BCUT2D eigenvalue weighted by atomic mass is 127. The number of aromatic nitrogens is 3. The fourth-order valence-corrected chi connectivity index (χ4v) is 2.43. The molecule has 0 saturated carbocycles. The smallest absolute Gasteiger partial charge is 0.190 e. The molecule has 0 atom stereocenters. The van der Waals surface area contributed by atoms with E-state index in [0.29, 0.717) is 0 Å². The van der Waals surface area contributed by atoms with Gasteiger partial charge in [-0.25, -0.2) is 0 Å². The molecule has 0 saturated heterocycles. The Balaban J connectivity index is 0.00000288. The third kappa shape index (κ3) is 7.48. The van der Waals surface area contributed by atoms with Crippen LogP contribution in [0.25, 0.3) is 0 Å². The lowest BCUT2D eigenvalue weighted by Crippen LogP contribution is -2.38. The van der Waals surface area contributed by atoms with E-state index in [1.165, 1.54) is 0 Å². The van der Waals surface area contributed by atoms with Crippen molar-refractivity contribution >= 4 is 41.5 Å². The van der Waals surface area contributed by atoms with Gasteiger partial charge in [0.1, 0.15) is 12.7 Å². The Morgan fingerprint density at radius 2 is 1.83 bits per heavy atom. The van der Waals surface area contributed by atoms with Gasteiger partial charge in [-0.15, -0.1) is 34.2 Å². The van der Waals surface area contributed by atoms with Crippen LogP contribution >= 0.6 is 35.6 Å². The molecule has 1 aromatic carbocycles. The zero-order valence-electron chi connectivity index (χ0n) is 13.8. The SMILES string of the molecule is CN=C(NCCCCn1cnnc1)NCCc1ccccc1Cl.I. The first kappa shape index (κ1) is 20.7. The number of guanidine groups is 1. The molecular formula is C16H24ClIN6. The summed E-state index contributed by atoms with van der Waals surface area (Å²) in [6.45, 7) is 2.62. The van der Waals surface area contributed by atoms with Crippen molar-refractivity contribution in [3.05, 3.63) is 47.5 Å². The van der Waals surface area contributed by atoms with Gasteiger partial charge in [0.05, 0.1) is 0 Å². The van der Waals surface area contributed by atoms with Crippen molar-refractivity contribution in [1.29, 1.82) is 0 Å². The number of halogens is 2. The summed E-state index contributed by atoms with van der Waals surface area (Å²) in [5.74, 6) is 0.821. The summed E-state index contributed by atoms with van der Waals surface area (Å²) in [7, 11) is 1.78. The van der Waals surface area contributed by atoms with Crippen molar-refractivity contribution in [2.75, 3.05) is 20.1 Å². The van der Waals surface area contributed by atoms with Crippen LogP contribution in [0.3, 0.4) is 0 Å². The highest BCUT2D eigenvalue weighted by molar-refractivity contribution is 14.0. The maximum absolute atomic E-state index is 6.15. The van der Waals surface area contributed by atoms with E-state index in [2.05, 4.69) is 25.8 Å². The van der Waals surface area contributed by atoms with E-state index in [1.807, 2.05) is 28.8 Å². The molecule has 132 valence electrons. The molecule has 0 fully saturated rings. The van der Waals surface area contributed by atoms with Crippen LogP contribution < -0.4 is 10.6 Å². The number of aliphatic imine (C=N–C) groups is 1. The normalized spacial score (nSPS) is 11.0. The minimum atomic E-state index is 0.